The number of allylic oxidation sites excluding steroid dienone is 4. The van der Waals surface area contributed by atoms with Crippen LogP contribution in [0.5, 0.6) is 0 Å². The molecule has 0 spiro atoms. The van der Waals surface area contributed by atoms with Crippen molar-refractivity contribution in [1.82, 2.24) is 0 Å². The van der Waals surface area contributed by atoms with E-state index in [0.29, 0.717) is 0 Å². The van der Waals surface area contributed by atoms with E-state index in [1.807, 2.05) is 53.7 Å². The van der Waals surface area contributed by atoms with Crippen LogP contribution in [0.15, 0.2) is 18.2 Å². The molecule has 0 saturated heterocycles. The van der Waals surface area contributed by atoms with Gasteiger partial charge in [-0.1, -0.05) is 61.2 Å². The molecule has 0 amide bonds. The predicted molar refractivity (Wildman–Crippen MR) is 103 cm³/mol. The average Bonchev–Trinajstić information content (AvgIpc) is 2.68. The number of nitrogens with one attached hydrogen (secondary N) is 3. The van der Waals surface area contributed by atoms with Gasteiger partial charge in [0.2, 0.25) is 0 Å². The smallest absolute Gasteiger partial charge is 0.675 e. The summed E-state index contributed by atoms with van der Waals surface area (Å²) in [5.74, 6) is 0. The van der Waals surface area contributed by atoms with Gasteiger partial charge < -0.3 is 17.2 Å². The minimum atomic E-state index is 0. The van der Waals surface area contributed by atoms with Crippen molar-refractivity contribution in [3.05, 3.63) is 41.5 Å². The van der Waals surface area contributed by atoms with Crippen LogP contribution in [0.4, 0.5) is 0 Å². The second kappa shape index (κ2) is 29.2. The molecule has 0 unspecified atom stereocenters. The predicted octanol–water partition coefficient (Wildman–Crippen LogP) is 7.01. The van der Waals surface area contributed by atoms with Crippen molar-refractivity contribution >= 4 is 8.80 Å². The van der Waals surface area contributed by atoms with E-state index in [0.717, 1.165) is 6.42 Å². The summed E-state index contributed by atoms with van der Waals surface area (Å²) in [5, 5.41) is 0. The first-order valence-corrected chi connectivity index (χ1v) is 10.5. The van der Waals surface area contributed by atoms with Gasteiger partial charge in [0.1, 0.15) is 0 Å². The van der Waals surface area contributed by atoms with Gasteiger partial charge in [0.05, 0.1) is 0 Å². The molecule has 3 N–H and O–H groups in total. The van der Waals surface area contributed by atoms with Gasteiger partial charge in [-0.15, -0.1) is 24.5 Å². The fourth-order valence-electron chi connectivity index (χ4n) is 0.340. The zero-order valence-corrected chi connectivity index (χ0v) is 18.5. The molecular formula is C17H38N3SiV. The summed E-state index contributed by atoms with van der Waals surface area (Å²) in [7, 11) is 0.120. The number of hydrogen-bond donors (Lipinski definition) is 0. The van der Waals surface area contributed by atoms with E-state index >= 15 is 0 Å². The van der Waals surface area contributed by atoms with E-state index in [4.69, 9.17) is 17.2 Å². The molecule has 22 heavy (non-hydrogen) atoms. The third kappa shape index (κ3) is 278. The van der Waals surface area contributed by atoms with Gasteiger partial charge in [0, 0.05) is 8.80 Å². The molecule has 0 aromatic carbocycles. The van der Waals surface area contributed by atoms with Gasteiger partial charge in [-0.3, -0.25) is 6.08 Å². The Labute approximate surface area is 154 Å². The van der Waals surface area contributed by atoms with Crippen LogP contribution in [-0.4, -0.2) is 26.9 Å². The Morgan fingerprint density at radius 2 is 1.05 bits per heavy atom. The van der Waals surface area contributed by atoms with Crippen molar-refractivity contribution in [3.63, 3.8) is 0 Å². The molecule has 1 rings (SSSR count). The van der Waals surface area contributed by atoms with Crippen LogP contribution in [0.1, 0.15) is 48.0 Å². The van der Waals surface area contributed by atoms with Crippen molar-refractivity contribution in [2.45, 2.75) is 85.7 Å². The largest absolute Gasteiger partial charge is 4.00 e. The Morgan fingerprint density at radius 3 is 1.09 bits per heavy atom. The molecule has 0 bridgehead atoms. The van der Waals surface area contributed by atoms with Crippen LogP contribution < -0.4 is 0 Å². The second-order valence-corrected chi connectivity index (χ2v) is 8.97. The second-order valence-electron chi connectivity index (χ2n) is 5.97. The summed E-state index contributed by atoms with van der Waals surface area (Å²) in [5.41, 5.74) is 19.8. The van der Waals surface area contributed by atoms with Gasteiger partial charge in [-0.05, 0) is 0 Å². The topological polar surface area (TPSA) is 71.4 Å². The van der Waals surface area contributed by atoms with Crippen LogP contribution in [0, 0.1) is 6.08 Å². The molecule has 2 radical (unpaired) electrons. The summed E-state index contributed by atoms with van der Waals surface area (Å²) < 4.78 is 0. The first kappa shape index (κ1) is 33.7. The molecule has 130 valence electrons. The molecule has 5 heteroatoms. The third-order valence-corrected chi connectivity index (χ3v) is 0.586. The quantitative estimate of drug-likeness (QED) is 0.328. The first-order valence-electron chi connectivity index (χ1n) is 7.55. The molecule has 1 aliphatic carbocycles. The van der Waals surface area contributed by atoms with Gasteiger partial charge in [-0.25, -0.2) is 12.2 Å². The third-order valence-electron chi connectivity index (χ3n) is 0.586. The number of hydrogen-bond acceptors (Lipinski definition) is 0. The normalized spacial score (nSPS) is 10.5. The Morgan fingerprint density at radius 1 is 0.818 bits per heavy atom. The Bertz CT molecular complexity index is 171. The van der Waals surface area contributed by atoms with Crippen LogP contribution in [0.3, 0.4) is 0 Å². The van der Waals surface area contributed by atoms with E-state index < -0.39 is 0 Å². The molecule has 0 aromatic heterocycles. The van der Waals surface area contributed by atoms with Gasteiger partial charge in [0.15, 0.2) is 0 Å². The molecule has 0 atom stereocenters. The maximum absolute atomic E-state index is 6.58. The van der Waals surface area contributed by atoms with Crippen molar-refractivity contribution in [1.29, 1.82) is 0 Å². The van der Waals surface area contributed by atoms with Crippen molar-refractivity contribution in [2.24, 2.45) is 0 Å². The van der Waals surface area contributed by atoms with Gasteiger partial charge in [-0.2, -0.15) is 6.08 Å². The van der Waals surface area contributed by atoms with Gasteiger partial charge in [0.25, 0.3) is 0 Å². The van der Waals surface area contributed by atoms with Crippen LogP contribution >= 0.6 is 0 Å². The molecule has 0 saturated carbocycles. The standard InChI is InChI=1S/C5H5.3C3H8N.C3H9Si.V/c1-2-4-5-3-1;3*1-3(2)4;1-4(2)3;/h1-3H,4H2;3*3-4H,1-2H3;1-3H3;/q4*-1;;+4. The Kier molecular flexibility index (Phi) is 44.7. The maximum Gasteiger partial charge on any atom is 4.00 e. The first-order chi connectivity index (χ1) is 9.43. The van der Waals surface area contributed by atoms with Crippen LogP contribution in [-0.2, 0) is 18.6 Å². The molecule has 0 aliphatic heterocycles. The Hall–Kier alpha value is 0.161. The molecule has 1 aliphatic rings. The van der Waals surface area contributed by atoms with E-state index in [9.17, 15) is 0 Å². The summed E-state index contributed by atoms with van der Waals surface area (Å²) in [4.78, 5) is 0. The molecule has 0 aromatic rings. The van der Waals surface area contributed by atoms with E-state index in [2.05, 4.69) is 31.8 Å². The van der Waals surface area contributed by atoms with Crippen LogP contribution in [0.25, 0.3) is 17.2 Å². The minimum absolute atomic E-state index is 0. The zero-order valence-electron chi connectivity index (χ0n) is 16.1. The summed E-state index contributed by atoms with van der Waals surface area (Å²) in [6.07, 6.45) is 10.0. The number of rotatable bonds is 0. The maximum atomic E-state index is 6.58. The monoisotopic (exact) mass is 363 g/mol. The van der Waals surface area contributed by atoms with E-state index in [1.165, 1.54) is 0 Å². The fraction of sp³-hybridized carbons (Fsp3) is 0.765. The molecule has 0 heterocycles. The van der Waals surface area contributed by atoms with E-state index in [1.54, 1.807) is 0 Å². The summed E-state index contributed by atoms with van der Waals surface area (Å²) >= 11 is 0. The molecule has 3 nitrogen and oxygen atoms in total. The fourth-order valence-corrected chi connectivity index (χ4v) is 0.340. The summed E-state index contributed by atoms with van der Waals surface area (Å²) in [6, 6.07) is 0.250. The zero-order chi connectivity index (χ0) is 17.8. The molecular weight excluding hydrogens is 325 g/mol. The SMILES string of the molecule is CC(C)[NH-].CC(C)[NH-].CC(C)[NH-].C[Si](C)C.[C-]1=CC=CC1.[V+4]. The van der Waals surface area contributed by atoms with E-state index in [-0.39, 0.29) is 45.5 Å². The van der Waals surface area contributed by atoms with Gasteiger partial charge >= 0.3 is 18.6 Å². The Balaban J connectivity index is -0.0000000544. The minimum Gasteiger partial charge on any atom is -0.675 e. The van der Waals surface area contributed by atoms with Crippen LogP contribution in [0.2, 0.25) is 19.6 Å². The van der Waals surface area contributed by atoms with Crippen molar-refractivity contribution < 1.29 is 18.6 Å². The van der Waals surface area contributed by atoms with Crippen molar-refractivity contribution in [2.75, 3.05) is 0 Å². The van der Waals surface area contributed by atoms with Crippen molar-refractivity contribution in [3.8, 4) is 0 Å². The molecule has 0 fully saturated rings. The average molecular weight is 364 g/mol. The summed E-state index contributed by atoms with van der Waals surface area (Å²) in [6.45, 7) is 17.8.